The van der Waals surface area contributed by atoms with Gasteiger partial charge in [0.25, 0.3) is 0 Å². The van der Waals surface area contributed by atoms with Crippen molar-refractivity contribution < 1.29 is 5.11 Å². The Morgan fingerprint density at radius 3 is 2.40 bits per heavy atom. The molecular formula is C16H11Cl2NO. The van der Waals surface area contributed by atoms with Gasteiger partial charge in [-0.3, -0.25) is 4.98 Å². The Bertz CT molecular complexity index is 748. The first-order valence-corrected chi connectivity index (χ1v) is 6.88. The summed E-state index contributed by atoms with van der Waals surface area (Å²) in [4.78, 5) is 4.12. The zero-order valence-corrected chi connectivity index (χ0v) is 11.9. The predicted octanol–water partition coefficient (Wildman–Crippen LogP) is 4.62. The minimum absolute atomic E-state index is 0.450. The summed E-state index contributed by atoms with van der Waals surface area (Å²) in [6.07, 6.45) is 2.57. The summed E-state index contributed by atoms with van der Waals surface area (Å²) in [6.45, 7) is 0. The fraction of sp³-hybridized carbons (Fsp3) is 0.0625. The number of aliphatic hydroxyl groups is 1. The molecule has 0 saturated carbocycles. The number of pyridine rings is 1. The lowest BCUT2D eigenvalue weighted by atomic mass is 9.97. The molecule has 0 aliphatic carbocycles. The molecule has 0 saturated heterocycles. The molecule has 1 atom stereocenters. The van der Waals surface area contributed by atoms with Crippen molar-refractivity contribution in [1.29, 1.82) is 0 Å². The SMILES string of the molecule is OC(c1c(Cl)cccc1Cl)c1cccc2ccncc12. The highest BCUT2D eigenvalue weighted by Crippen LogP contribution is 2.36. The monoisotopic (exact) mass is 303 g/mol. The molecule has 0 fully saturated rings. The van der Waals surface area contributed by atoms with Crippen molar-refractivity contribution in [2.24, 2.45) is 0 Å². The highest BCUT2D eigenvalue weighted by molar-refractivity contribution is 6.36. The van der Waals surface area contributed by atoms with Gasteiger partial charge in [-0.1, -0.05) is 47.5 Å². The Labute approximate surface area is 126 Å². The molecule has 0 amide bonds. The van der Waals surface area contributed by atoms with Crippen LogP contribution in [-0.2, 0) is 0 Å². The molecule has 100 valence electrons. The van der Waals surface area contributed by atoms with Crippen molar-refractivity contribution in [3.05, 3.63) is 76.0 Å². The normalized spacial score (nSPS) is 12.6. The first-order chi connectivity index (χ1) is 9.68. The molecule has 0 bridgehead atoms. The minimum atomic E-state index is -0.885. The van der Waals surface area contributed by atoms with Gasteiger partial charge in [0, 0.05) is 33.4 Å². The van der Waals surface area contributed by atoms with E-state index in [2.05, 4.69) is 4.98 Å². The molecule has 2 aromatic carbocycles. The van der Waals surface area contributed by atoms with E-state index in [0.717, 1.165) is 16.3 Å². The molecule has 1 N–H and O–H groups in total. The van der Waals surface area contributed by atoms with Gasteiger partial charge in [0.2, 0.25) is 0 Å². The Balaban J connectivity index is 2.21. The quantitative estimate of drug-likeness (QED) is 0.749. The molecule has 20 heavy (non-hydrogen) atoms. The Hall–Kier alpha value is -1.61. The van der Waals surface area contributed by atoms with Crippen molar-refractivity contribution >= 4 is 34.0 Å². The largest absolute Gasteiger partial charge is 0.384 e. The summed E-state index contributed by atoms with van der Waals surface area (Å²) in [6, 6.07) is 12.8. The number of fused-ring (bicyclic) bond motifs is 1. The smallest absolute Gasteiger partial charge is 0.108 e. The minimum Gasteiger partial charge on any atom is -0.384 e. The fourth-order valence-corrected chi connectivity index (χ4v) is 2.91. The maximum absolute atomic E-state index is 10.7. The first-order valence-electron chi connectivity index (χ1n) is 6.13. The molecule has 1 aromatic heterocycles. The van der Waals surface area contributed by atoms with E-state index >= 15 is 0 Å². The molecule has 4 heteroatoms. The first kappa shape index (κ1) is 13.4. The number of aromatic nitrogens is 1. The molecule has 0 aliphatic heterocycles. The Kier molecular flexibility index (Phi) is 3.62. The van der Waals surface area contributed by atoms with E-state index in [9.17, 15) is 5.11 Å². The average molecular weight is 304 g/mol. The molecular weight excluding hydrogens is 293 g/mol. The van der Waals surface area contributed by atoms with E-state index in [1.807, 2.05) is 24.3 Å². The summed E-state index contributed by atoms with van der Waals surface area (Å²) >= 11 is 12.3. The van der Waals surface area contributed by atoms with E-state index < -0.39 is 6.10 Å². The molecule has 0 radical (unpaired) electrons. The second kappa shape index (κ2) is 5.41. The van der Waals surface area contributed by atoms with Crippen molar-refractivity contribution in [2.45, 2.75) is 6.10 Å². The average Bonchev–Trinajstić information content (AvgIpc) is 2.46. The van der Waals surface area contributed by atoms with Crippen LogP contribution in [0.1, 0.15) is 17.2 Å². The lowest BCUT2D eigenvalue weighted by Gasteiger charge is -2.16. The van der Waals surface area contributed by atoms with Gasteiger partial charge in [-0.2, -0.15) is 0 Å². The van der Waals surface area contributed by atoms with Crippen LogP contribution < -0.4 is 0 Å². The van der Waals surface area contributed by atoms with Crippen LogP contribution >= 0.6 is 23.2 Å². The lowest BCUT2D eigenvalue weighted by Crippen LogP contribution is -2.02. The maximum Gasteiger partial charge on any atom is 0.108 e. The van der Waals surface area contributed by atoms with Gasteiger partial charge >= 0.3 is 0 Å². The van der Waals surface area contributed by atoms with Crippen LogP contribution in [-0.4, -0.2) is 10.1 Å². The third kappa shape index (κ3) is 2.27. The molecule has 0 spiro atoms. The number of halogens is 2. The standard InChI is InChI=1S/C16H11Cl2NO/c17-13-5-2-6-14(18)15(13)16(20)11-4-1-3-10-7-8-19-9-12(10)11/h1-9,16,20H. The highest BCUT2D eigenvalue weighted by Gasteiger charge is 2.19. The van der Waals surface area contributed by atoms with Crippen LogP contribution in [0.5, 0.6) is 0 Å². The van der Waals surface area contributed by atoms with Crippen molar-refractivity contribution in [1.82, 2.24) is 4.98 Å². The number of hydrogen-bond acceptors (Lipinski definition) is 2. The summed E-state index contributed by atoms with van der Waals surface area (Å²) < 4.78 is 0. The Morgan fingerprint density at radius 2 is 1.65 bits per heavy atom. The summed E-state index contributed by atoms with van der Waals surface area (Å²) in [7, 11) is 0. The molecule has 1 unspecified atom stereocenters. The number of benzene rings is 2. The van der Waals surface area contributed by atoms with Crippen LogP contribution in [0.25, 0.3) is 10.8 Å². The molecule has 1 heterocycles. The van der Waals surface area contributed by atoms with Crippen LogP contribution in [0.2, 0.25) is 10.0 Å². The van der Waals surface area contributed by atoms with Gasteiger partial charge in [0.15, 0.2) is 0 Å². The van der Waals surface area contributed by atoms with Gasteiger partial charge in [-0.05, 0) is 29.1 Å². The molecule has 2 nitrogen and oxygen atoms in total. The predicted molar refractivity (Wildman–Crippen MR) is 82.3 cm³/mol. The van der Waals surface area contributed by atoms with Crippen molar-refractivity contribution in [3.8, 4) is 0 Å². The van der Waals surface area contributed by atoms with E-state index in [0.29, 0.717) is 15.6 Å². The van der Waals surface area contributed by atoms with Gasteiger partial charge < -0.3 is 5.11 Å². The third-order valence-electron chi connectivity index (χ3n) is 3.29. The van der Waals surface area contributed by atoms with E-state index in [1.165, 1.54) is 0 Å². The van der Waals surface area contributed by atoms with Crippen molar-refractivity contribution in [3.63, 3.8) is 0 Å². The van der Waals surface area contributed by atoms with Crippen LogP contribution in [0, 0.1) is 0 Å². The van der Waals surface area contributed by atoms with E-state index in [1.54, 1.807) is 30.6 Å². The molecule has 0 aliphatic rings. The van der Waals surface area contributed by atoms with Crippen LogP contribution in [0.3, 0.4) is 0 Å². The van der Waals surface area contributed by atoms with Crippen LogP contribution in [0.15, 0.2) is 54.9 Å². The van der Waals surface area contributed by atoms with Crippen LogP contribution in [0.4, 0.5) is 0 Å². The number of nitrogens with zero attached hydrogens (tertiary/aromatic N) is 1. The zero-order valence-electron chi connectivity index (χ0n) is 10.4. The number of hydrogen-bond donors (Lipinski definition) is 1. The van der Waals surface area contributed by atoms with E-state index in [4.69, 9.17) is 23.2 Å². The number of rotatable bonds is 2. The topological polar surface area (TPSA) is 33.1 Å². The van der Waals surface area contributed by atoms with Gasteiger partial charge in [-0.15, -0.1) is 0 Å². The highest BCUT2D eigenvalue weighted by atomic mass is 35.5. The summed E-state index contributed by atoms with van der Waals surface area (Å²) in [5.74, 6) is 0. The maximum atomic E-state index is 10.7. The Morgan fingerprint density at radius 1 is 0.950 bits per heavy atom. The molecule has 3 rings (SSSR count). The molecule has 3 aromatic rings. The zero-order chi connectivity index (χ0) is 14.1. The van der Waals surface area contributed by atoms with Crippen molar-refractivity contribution in [2.75, 3.05) is 0 Å². The second-order valence-corrected chi connectivity index (χ2v) is 5.30. The van der Waals surface area contributed by atoms with E-state index in [-0.39, 0.29) is 0 Å². The summed E-state index contributed by atoms with van der Waals surface area (Å²) in [5.41, 5.74) is 1.26. The lowest BCUT2D eigenvalue weighted by molar-refractivity contribution is 0.222. The van der Waals surface area contributed by atoms with Gasteiger partial charge in [0.1, 0.15) is 6.10 Å². The second-order valence-electron chi connectivity index (χ2n) is 4.48. The number of aliphatic hydroxyl groups excluding tert-OH is 1. The summed E-state index contributed by atoms with van der Waals surface area (Å²) in [5, 5.41) is 13.5. The third-order valence-corrected chi connectivity index (χ3v) is 3.94. The van der Waals surface area contributed by atoms with Gasteiger partial charge in [0.05, 0.1) is 0 Å². The van der Waals surface area contributed by atoms with Gasteiger partial charge in [-0.25, -0.2) is 0 Å². The fourth-order valence-electron chi connectivity index (χ4n) is 2.30.